The maximum absolute atomic E-state index is 9.10. The van der Waals surface area contributed by atoms with Gasteiger partial charge in [-0.05, 0) is 38.6 Å². The molecule has 3 rings (SSSR count). The monoisotopic (exact) mass is 219 g/mol. The Morgan fingerprint density at radius 2 is 1.94 bits per heavy atom. The van der Waals surface area contributed by atoms with Crippen LogP contribution in [0.4, 0.5) is 0 Å². The van der Waals surface area contributed by atoms with Crippen LogP contribution in [-0.2, 0) is 0 Å². The molecule has 1 N–H and O–H groups in total. The summed E-state index contributed by atoms with van der Waals surface area (Å²) in [7, 11) is 0. The minimum absolute atomic E-state index is 0.274. The fourth-order valence-electron chi connectivity index (χ4n) is 3.87. The average Bonchev–Trinajstić information content (AvgIpc) is 2.96. The number of fused-ring (bicyclic) bond motifs is 1. The van der Waals surface area contributed by atoms with E-state index in [1.807, 2.05) is 0 Å². The summed E-state index contributed by atoms with van der Waals surface area (Å²) >= 11 is 0. The quantitative estimate of drug-likeness (QED) is 0.765. The lowest BCUT2D eigenvalue weighted by Gasteiger charge is -2.26. The van der Waals surface area contributed by atoms with Crippen molar-refractivity contribution >= 4 is 0 Å². The Labute approximate surface area is 97.8 Å². The van der Waals surface area contributed by atoms with E-state index in [0.29, 0.717) is 12.1 Å². The number of nitrogens with one attached hydrogen (secondary N) is 1. The first-order valence-electron chi connectivity index (χ1n) is 6.78. The van der Waals surface area contributed by atoms with E-state index < -0.39 is 0 Å². The molecule has 0 radical (unpaired) electrons. The third-order valence-corrected chi connectivity index (χ3v) is 4.72. The molecule has 0 aromatic carbocycles. The zero-order valence-corrected chi connectivity index (χ0v) is 9.86. The van der Waals surface area contributed by atoms with Gasteiger partial charge < -0.3 is 5.32 Å². The molecule has 3 heteroatoms. The van der Waals surface area contributed by atoms with Gasteiger partial charge in [-0.25, -0.2) is 0 Å². The van der Waals surface area contributed by atoms with Crippen LogP contribution in [0.2, 0.25) is 0 Å². The Hall–Kier alpha value is -0.590. The van der Waals surface area contributed by atoms with Crippen LogP contribution < -0.4 is 5.32 Å². The summed E-state index contributed by atoms with van der Waals surface area (Å²) < 4.78 is 0. The van der Waals surface area contributed by atoms with E-state index in [2.05, 4.69) is 16.3 Å². The Morgan fingerprint density at radius 1 is 1.00 bits per heavy atom. The van der Waals surface area contributed by atoms with Gasteiger partial charge in [-0.15, -0.1) is 0 Å². The Balaban J connectivity index is 1.60. The normalized spacial score (nSPS) is 43.4. The van der Waals surface area contributed by atoms with Crippen LogP contribution in [0.5, 0.6) is 0 Å². The first-order valence-corrected chi connectivity index (χ1v) is 6.78. The zero-order valence-electron chi connectivity index (χ0n) is 9.86. The lowest BCUT2D eigenvalue weighted by atomic mass is 10.0. The summed E-state index contributed by atoms with van der Waals surface area (Å²) in [6.45, 7) is 2.57. The summed E-state index contributed by atoms with van der Waals surface area (Å²) in [6.07, 6.45) is 7.57. The molecule has 0 aromatic heterocycles. The van der Waals surface area contributed by atoms with Crippen molar-refractivity contribution in [2.24, 2.45) is 5.92 Å². The second kappa shape index (κ2) is 4.35. The van der Waals surface area contributed by atoms with Crippen LogP contribution >= 0.6 is 0 Å². The minimum Gasteiger partial charge on any atom is -0.308 e. The molecule has 0 bridgehead atoms. The molecule has 16 heavy (non-hydrogen) atoms. The van der Waals surface area contributed by atoms with Gasteiger partial charge in [-0.3, -0.25) is 4.90 Å². The molecule has 0 amide bonds. The summed E-state index contributed by atoms with van der Waals surface area (Å²) in [5.41, 5.74) is 0. The van der Waals surface area contributed by atoms with Gasteiger partial charge in [-0.2, -0.15) is 5.26 Å². The van der Waals surface area contributed by atoms with Crippen molar-refractivity contribution in [2.45, 2.75) is 56.7 Å². The van der Waals surface area contributed by atoms with Crippen molar-refractivity contribution in [3.63, 3.8) is 0 Å². The number of hydrogen-bond donors (Lipinski definition) is 1. The van der Waals surface area contributed by atoms with Crippen molar-refractivity contribution in [3.8, 4) is 6.07 Å². The molecule has 3 aliphatic rings. The van der Waals surface area contributed by atoms with Gasteiger partial charge in [0.1, 0.15) is 0 Å². The number of rotatable bonds is 2. The lowest BCUT2D eigenvalue weighted by Crippen LogP contribution is -2.45. The minimum atomic E-state index is 0.274. The van der Waals surface area contributed by atoms with E-state index in [4.69, 9.17) is 5.26 Å². The van der Waals surface area contributed by atoms with Crippen LogP contribution in [-0.4, -0.2) is 36.1 Å². The standard InChI is InChI=1S/C13H21N3/c14-9-10-3-1-4-11(10)15-12-6-8-16-7-2-5-13(12)16/h10-13,15H,1-8H2. The smallest absolute Gasteiger partial charge is 0.0672 e. The fraction of sp³-hybridized carbons (Fsp3) is 0.923. The van der Waals surface area contributed by atoms with Gasteiger partial charge in [0.2, 0.25) is 0 Å². The van der Waals surface area contributed by atoms with E-state index in [9.17, 15) is 0 Å². The largest absolute Gasteiger partial charge is 0.308 e. The van der Waals surface area contributed by atoms with Gasteiger partial charge in [0, 0.05) is 24.7 Å². The first kappa shape index (κ1) is 10.6. The molecule has 2 aliphatic heterocycles. The topological polar surface area (TPSA) is 39.1 Å². The van der Waals surface area contributed by atoms with E-state index in [1.165, 1.54) is 45.2 Å². The summed E-state index contributed by atoms with van der Waals surface area (Å²) in [5.74, 6) is 0.274. The van der Waals surface area contributed by atoms with Crippen molar-refractivity contribution < 1.29 is 0 Å². The van der Waals surface area contributed by atoms with Gasteiger partial charge in [0.05, 0.1) is 12.0 Å². The molecule has 2 saturated heterocycles. The van der Waals surface area contributed by atoms with Crippen LogP contribution in [0.1, 0.15) is 38.5 Å². The van der Waals surface area contributed by atoms with E-state index in [0.717, 1.165) is 12.5 Å². The predicted octanol–water partition coefficient (Wildman–Crippen LogP) is 1.50. The van der Waals surface area contributed by atoms with Crippen molar-refractivity contribution in [1.29, 1.82) is 5.26 Å². The maximum atomic E-state index is 9.10. The van der Waals surface area contributed by atoms with Crippen molar-refractivity contribution in [2.75, 3.05) is 13.1 Å². The third-order valence-electron chi connectivity index (χ3n) is 4.72. The van der Waals surface area contributed by atoms with Gasteiger partial charge in [0.25, 0.3) is 0 Å². The molecular weight excluding hydrogens is 198 g/mol. The third kappa shape index (κ3) is 1.74. The van der Waals surface area contributed by atoms with Crippen LogP contribution in [0.25, 0.3) is 0 Å². The molecule has 0 aromatic rings. The molecule has 88 valence electrons. The van der Waals surface area contributed by atoms with Gasteiger partial charge in [-0.1, -0.05) is 6.42 Å². The molecule has 4 unspecified atom stereocenters. The highest BCUT2D eigenvalue weighted by molar-refractivity contribution is 5.02. The Morgan fingerprint density at radius 3 is 2.81 bits per heavy atom. The number of nitriles is 1. The highest BCUT2D eigenvalue weighted by Gasteiger charge is 2.39. The second-order valence-electron chi connectivity index (χ2n) is 5.58. The van der Waals surface area contributed by atoms with E-state index in [1.54, 1.807) is 0 Å². The van der Waals surface area contributed by atoms with Gasteiger partial charge in [0.15, 0.2) is 0 Å². The molecule has 1 aliphatic carbocycles. The van der Waals surface area contributed by atoms with E-state index in [-0.39, 0.29) is 5.92 Å². The fourth-order valence-corrected chi connectivity index (χ4v) is 3.87. The summed E-state index contributed by atoms with van der Waals surface area (Å²) in [5, 5.41) is 12.9. The molecule has 4 atom stereocenters. The van der Waals surface area contributed by atoms with Crippen LogP contribution in [0.15, 0.2) is 0 Å². The van der Waals surface area contributed by atoms with Crippen molar-refractivity contribution in [1.82, 2.24) is 10.2 Å². The lowest BCUT2D eigenvalue weighted by molar-refractivity contribution is 0.283. The summed E-state index contributed by atoms with van der Waals surface area (Å²) in [6, 6.07) is 4.40. The van der Waals surface area contributed by atoms with Crippen LogP contribution in [0.3, 0.4) is 0 Å². The molecule has 0 spiro atoms. The molecule has 3 fully saturated rings. The number of nitrogens with zero attached hydrogens (tertiary/aromatic N) is 2. The zero-order chi connectivity index (χ0) is 11.0. The maximum Gasteiger partial charge on any atom is 0.0672 e. The average molecular weight is 219 g/mol. The SMILES string of the molecule is N#CC1CCCC1NC1CCN2CCCC12. The summed E-state index contributed by atoms with van der Waals surface area (Å²) in [4.78, 5) is 2.63. The van der Waals surface area contributed by atoms with Gasteiger partial charge >= 0.3 is 0 Å². The molecule has 2 heterocycles. The van der Waals surface area contributed by atoms with Crippen LogP contribution in [0, 0.1) is 17.2 Å². The second-order valence-corrected chi connectivity index (χ2v) is 5.58. The Bertz CT molecular complexity index is 296. The molecule has 3 nitrogen and oxygen atoms in total. The molecular formula is C13H21N3. The number of hydrogen-bond acceptors (Lipinski definition) is 3. The highest BCUT2D eigenvalue weighted by atomic mass is 15.2. The predicted molar refractivity (Wildman–Crippen MR) is 62.9 cm³/mol. The Kier molecular flexibility index (Phi) is 2.87. The highest BCUT2D eigenvalue weighted by Crippen LogP contribution is 2.31. The molecule has 1 saturated carbocycles. The van der Waals surface area contributed by atoms with E-state index >= 15 is 0 Å². The van der Waals surface area contributed by atoms with Crippen molar-refractivity contribution in [3.05, 3.63) is 0 Å². The first-order chi connectivity index (χ1) is 7.88.